The lowest BCUT2D eigenvalue weighted by Crippen LogP contribution is -2.33. The number of nitrogens with zero attached hydrogens (tertiary/aromatic N) is 4. The molecule has 0 aliphatic heterocycles. The van der Waals surface area contributed by atoms with Crippen molar-refractivity contribution in [2.75, 3.05) is 32.1 Å². The zero-order chi connectivity index (χ0) is 24.4. The number of rotatable bonds is 7. The number of benzene rings is 3. The second-order valence-electron chi connectivity index (χ2n) is 8.66. The number of hydrogen-bond acceptors (Lipinski definition) is 5. The van der Waals surface area contributed by atoms with E-state index in [2.05, 4.69) is 4.90 Å². The van der Waals surface area contributed by atoms with E-state index in [4.69, 9.17) is 21.6 Å². The number of amides is 1. The van der Waals surface area contributed by atoms with Crippen LogP contribution in [0.1, 0.15) is 16.8 Å². The molecule has 0 aliphatic rings. The van der Waals surface area contributed by atoms with Crippen molar-refractivity contribution in [3.8, 4) is 11.3 Å². The van der Waals surface area contributed by atoms with Crippen LogP contribution in [0.4, 0.5) is 5.13 Å². The first-order chi connectivity index (χ1) is 17.0. The summed E-state index contributed by atoms with van der Waals surface area (Å²) in [4.78, 5) is 27.8. The van der Waals surface area contributed by atoms with Crippen LogP contribution >= 0.6 is 22.9 Å². The number of anilines is 1. The van der Waals surface area contributed by atoms with Crippen LogP contribution in [0, 0.1) is 0 Å². The molecule has 0 radical (unpaired) electrons. The molecule has 0 saturated heterocycles. The first-order valence-electron chi connectivity index (χ1n) is 11.5. The molecule has 0 bridgehead atoms. The van der Waals surface area contributed by atoms with Gasteiger partial charge in [-0.2, -0.15) is 0 Å². The second kappa shape index (κ2) is 10.1. The Labute approximate surface area is 213 Å². The summed E-state index contributed by atoms with van der Waals surface area (Å²) >= 11 is 7.70. The summed E-state index contributed by atoms with van der Waals surface area (Å²) in [5.74, 6) is -0.0790. The highest BCUT2D eigenvalue weighted by Crippen LogP contribution is 2.33. The lowest BCUT2D eigenvalue weighted by Gasteiger charge is -2.22. The van der Waals surface area contributed by atoms with Gasteiger partial charge in [-0.15, -0.1) is 0 Å². The molecule has 0 N–H and O–H groups in total. The number of aromatic nitrogens is 2. The third-order valence-corrected chi connectivity index (χ3v) is 7.09. The minimum absolute atomic E-state index is 0.0790. The van der Waals surface area contributed by atoms with Gasteiger partial charge in [-0.3, -0.25) is 9.69 Å². The number of carbonyl (C=O) groups excluding carboxylic acids is 1. The van der Waals surface area contributed by atoms with Gasteiger partial charge in [0.05, 0.1) is 27.0 Å². The summed E-state index contributed by atoms with van der Waals surface area (Å²) in [5.41, 5.74) is 4.00. The summed E-state index contributed by atoms with van der Waals surface area (Å²) in [5, 5.41) is 2.16. The smallest absolute Gasteiger partial charge is 0.260 e. The van der Waals surface area contributed by atoms with Crippen LogP contribution in [0.15, 0.2) is 78.9 Å². The van der Waals surface area contributed by atoms with E-state index in [0.29, 0.717) is 22.3 Å². The number of para-hydroxylation sites is 1. The largest absolute Gasteiger partial charge is 0.309 e. The molecule has 0 aliphatic carbocycles. The van der Waals surface area contributed by atoms with Crippen LogP contribution in [0.2, 0.25) is 5.02 Å². The van der Waals surface area contributed by atoms with E-state index in [1.54, 1.807) is 4.90 Å². The van der Waals surface area contributed by atoms with Gasteiger partial charge in [0.25, 0.3) is 5.91 Å². The van der Waals surface area contributed by atoms with Gasteiger partial charge in [-0.25, -0.2) is 9.97 Å². The number of carbonyl (C=O) groups is 1. The summed E-state index contributed by atoms with van der Waals surface area (Å²) in [6, 6.07) is 25.3. The van der Waals surface area contributed by atoms with Crippen molar-refractivity contribution in [1.29, 1.82) is 0 Å². The Balaban J connectivity index is 1.62. The minimum atomic E-state index is -0.0790. The third kappa shape index (κ3) is 5.05. The topological polar surface area (TPSA) is 49.3 Å². The lowest BCUT2D eigenvalue weighted by atomic mass is 10.0. The molecule has 0 saturated carbocycles. The van der Waals surface area contributed by atoms with Crippen molar-refractivity contribution in [2.45, 2.75) is 6.42 Å². The molecule has 0 atom stereocenters. The Hall–Kier alpha value is -3.32. The number of hydrogen-bond donors (Lipinski definition) is 0. The van der Waals surface area contributed by atoms with Gasteiger partial charge in [-0.1, -0.05) is 71.5 Å². The first kappa shape index (κ1) is 23.4. The number of thiazole rings is 1. The first-order valence-corrected chi connectivity index (χ1v) is 12.7. The van der Waals surface area contributed by atoms with E-state index < -0.39 is 0 Å². The van der Waals surface area contributed by atoms with Gasteiger partial charge in [0.1, 0.15) is 0 Å². The average Bonchev–Trinajstić information content (AvgIpc) is 3.28. The molecule has 7 heteroatoms. The van der Waals surface area contributed by atoms with Gasteiger partial charge in [-0.05, 0) is 57.4 Å². The number of pyridine rings is 1. The van der Waals surface area contributed by atoms with Crippen LogP contribution in [-0.4, -0.2) is 48.0 Å². The average molecular weight is 501 g/mol. The van der Waals surface area contributed by atoms with E-state index in [-0.39, 0.29) is 5.91 Å². The van der Waals surface area contributed by atoms with E-state index in [1.165, 1.54) is 11.3 Å². The number of halogens is 1. The number of fused-ring (bicyclic) bond motifs is 2. The predicted octanol–water partition coefficient (Wildman–Crippen LogP) is 6.76. The van der Waals surface area contributed by atoms with Gasteiger partial charge in [0.2, 0.25) is 0 Å². The molecule has 5 rings (SSSR count). The molecule has 3 aromatic carbocycles. The zero-order valence-corrected chi connectivity index (χ0v) is 21.2. The highest BCUT2D eigenvalue weighted by Gasteiger charge is 2.24. The molecule has 0 spiro atoms. The molecule has 5 nitrogen and oxygen atoms in total. The minimum Gasteiger partial charge on any atom is -0.309 e. The molecular formula is C28H25ClN4OS. The van der Waals surface area contributed by atoms with Crippen LogP contribution in [0.5, 0.6) is 0 Å². The van der Waals surface area contributed by atoms with E-state index in [0.717, 1.165) is 45.3 Å². The normalized spacial score (nSPS) is 11.4. The third-order valence-electron chi connectivity index (χ3n) is 5.82. The SMILES string of the molecule is CN(C)CCCN(C(=O)c1cc(-c2ccccc2)nc2ccccc12)c1nc2ccc(Cl)cc2s1. The molecule has 0 unspecified atom stereocenters. The van der Waals surface area contributed by atoms with Crippen molar-refractivity contribution in [1.82, 2.24) is 14.9 Å². The zero-order valence-electron chi connectivity index (χ0n) is 19.6. The Morgan fingerprint density at radius 3 is 2.46 bits per heavy atom. The monoisotopic (exact) mass is 500 g/mol. The molecule has 0 fully saturated rings. The Kier molecular flexibility index (Phi) is 6.77. The van der Waals surface area contributed by atoms with Crippen LogP contribution < -0.4 is 4.90 Å². The molecule has 35 heavy (non-hydrogen) atoms. The second-order valence-corrected chi connectivity index (χ2v) is 10.1. The van der Waals surface area contributed by atoms with Crippen molar-refractivity contribution in [2.24, 2.45) is 0 Å². The fourth-order valence-corrected chi connectivity index (χ4v) is 5.35. The lowest BCUT2D eigenvalue weighted by molar-refractivity contribution is 0.0987. The molecule has 1 amide bonds. The Bertz CT molecular complexity index is 1500. The summed E-state index contributed by atoms with van der Waals surface area (Å²) in [6.45, 7) is 1.43. The van der Waals surface area contributed by atoms with Crippen molar-refractivity contribution in [3.05, 3.63) is 89.4 Å². The summed E-state index contributed by atoms with van der Waals surface area (Å²) in [6.07, 6.45) is 0.823. The summed E-state index contributed by atoms with van der Waals surface area (Å²) in [7, 11) is 4.07. The maximum atomic E-state index is 14.2. The quantitative estimate of drug-likeness (QED) is 0.247. The fourth-order valence-electron chi connectivity index (χ4n) is 4.09. The van der Waals surface area contributed by atoms with Crippen molar-refractivity contribution >= 4 is 55.1 Å². The van der Waals surface area contributed by atoms with Crippen molar-refractivity contribution in [3.63, 3.8) is 0 Å². The highest BCUT2D eigenvalue weighted by atomic mass is 35.5. The fraction of sp³-hybridized carbons (Fsp3) is 0.179. The molecule has 2 heterocycles. The van der Waals surface area contributed by atoms with Gasteiger partial charge < -0.3 is 4.90 Å². The van der Waals surface area contributed by atoms with E-state index >= 15 is 0 Å². The molecular weight excluding hydrogens is 476 g/mol. The van der Waals surface area contributed by atoms with Gasteiger partial charge in [0, 0.05) is 22.5 Å². The maximum Gasteiger partial charge on any atom is 0.260 e. The standard InChI is InChI=1S/C28H25ClN4OS/c1-32(2)15-8-16-33(28-31-24-14-13-20(29)17-26(24)35-28)27(34)22-18-25(19-9-4-3-5-10-19)30-23-12-7-6-11-21(22)23/h3-7,9-14,17-18H,8,15-16H2,1-2H3. The van der Waals surface area contributed by atoms with Crippen LogP contribution in [0.3, 0.4) is 0 Å². The summed E-state index contributed by atoms with van der Waals surface area (Å²) < 4.78 is 0.961. The van der Waals surface area contributed by atoms with E-state index in [9.17, 15) is 4.79 Å². The Morgan fingerprint density at radius 2 is 1.66 bits per heavy atom. The predicted molar refractivity (Wildman–Crippen MR) is 147 cm³/mol. The molecule has 176 valence electrons. The van der Waals surface area contributed by atoms with Crippen LogP contribution in [-0.2, 0) is 0 Å². The van der Waals surface area contributed by atoms with Crippen LogP contribution in [0.25, 0.3) is 32.4 Å². The van der Waals surface area contributed by atoms with Gasteiger partial charge in [0.15, 0.2) is 5.13 Å². The maximum absolute atomic E-state index is 14.2. The molecule has 2 aromatic heterocycles. The van der Waals surface area contributed by atoms with Gasteiger partial charge >= 0.3 is 0 Å². The highest BCUT2D eigenvalue weighted by molar-refractivity contribution is 7.22. The molecule has 5 aromatic rings. The van der Waals surface area contributed by atoms with Crippen molar-refractivity contribution < 1.29 is 4.79 Å². The van der Waals surface area contributed by atoms with E-state index in [1.807, 2.05) is 93.0 Å². The Morgan fingerprint density at radius 1 is 0.886 bits per heavy atom.